The molecule has 1 rings (SSSR count). The molecule has 0 N–H and O–H groups in total. The number of rotatable bonds is 5. The molecular formula is C12H15NO5. The van der Waals surface area contributed by atoms with Crippen LogP contribution in [0.4, 0.5) is 0 Å². The van der Waals surface area contributed by atoms with Crippen molar-refractivity contribution in [1.82, 2.24) is 0 Å². The monoisotopic (exact) mass is 253 g/mol. The topological polar surface area (TPSA) is 66.3 Å². The second-order valence-electron chi connectivity index (χ2n) is 3.26. The smallest absolute Gasteiger partial charge is 0.331 e. The molecule has 0 radical (unpaired) electrons. The van der Waals surface area contributed by atoms with Crippen molar-refractivity contribution in [2.75, 3.05) is 21.3 Å². The van der Waals surface area contributed by atoms with Crippen molar-refractivity contribution < 1.29 is 23.8 Å². The van der Waals surface area contributed by atoms with E-state index in [1.165, 1.54) is 27.4 Å². The summed E-state index contributed by atoms with van der Waals surface area (Å²) in [6.45, 7) is 1.26. The summed E-state index contributed by atoms with van der Waals surface area (Å²) in [5.41, 5.74) is 0.557. The predicted molar refractivity (Wildman–Crippen MR) is 65.5 cm³/mol. The maximum Gasteiger partial charge on any atom is 0.331 e. The van der Waals surface area contributed by atoms with E-state index in [-0.39, 0.29) is 0 Å². The number of carbonyl (C=O) groups is 1. The molecule has 0 aromatic heterocycles. The van der Waals surface area contributed by atoms with Crippen molar-refractivity contribution in [3.8, 4) is 17.2 Å². The molecule has 0 aliphatic carbocycles. The Labute approximate surface area is 105 Å². The molecule has 0 spiro atoms. The van der Waals surface area contributed by atoms with Crippen LogP contribution in [-0.2, 0) is 9.63 Å². The van der Waals surface area contributed by atoms with Crippen LogP contribution in [0.3, 0.4) is 0 Å². The molecule has 0 bridgehead atoms. The van der Waals surface area contributed by atoms with Crippen molar-refractivity contribution in [2.24, 2.45) is 5.16 Å². The molecule has 0 atom stereocenters. The molecule has 0 aliphatic rings. The molecule has 6 nitrogen and oxygen atoms in total. The SMILES string of the molecule is COc1cc(OC)c(C=NOC(C)=O)c(OC)c1. The molecule has 1 aromatic rings. The highest BCUT2D eigenvalue weighted by atomic mass is 16.7. The molecule has 1 aromatic carbocycles. The molecule has 6 heteroatoms. The zero-order chi connectivity index (χ0) is 13.5. The number of hydrogen-bond acceptors (Lipinski definition) is 6. The molecule has 98 valence electrons. The first-order valence-electron chi connectivity index (χ1n) is 5.13. The average molecular weight is 253 g/mol. The number of benzene rings is 1. The van der Waals surface area contributed by atoms with Crippen molar-refractivity contribution in [2.45, 2.75) is 6.92 Å². The van der Waals surface area contributed by atoms with Gasteiger partial charge in [0.2, 0.25) is 0 Å². The summed E-state index contributed by atoms with van der Waals surface area (Å²) in [6.07, 6.45) is 1.35. The highest BCUT2D eigenvalue weighted by Crippen LogP contribution is 2.32. The summed E-state index contributed by atoms with van der Waals surface area (Å²) in [5, 5.41) is 3.54. The molecule has 0 saturated heterocycles. The first-order valence-corrected chi connectivity index (χ1v) is 5.13. The Morgan fingerprint density at radius 1 is 1.11 bits per heavy atom. The molecule has 0 amide bonds. The summed E-state index contributed by atoms with van der Waals surface area (Å²) in [6, 6.07) is 3.36. The van der Waals surface area contributed by atoms with Gasteiger partial charge in [0.1, 0.15) is 17.2 Å². The van der Waals surface area contributed by atoms with Gasteiger partial charge < -0.3 is 19.0 Å². The minimum atomic E-state index is -0.502. The predicted octanol–water partition coefficient (Wildman–Crippen LogP) is 1.61. The van der Waals surface area contributed by atoms with Gasteiger partial charge in [-0.05, 0) is 0 Å². The standard InChI is InChI=1S/C12H15NO5/c1-8(14)18-13-7-10-11(16-3)5-9(15-2)6-12(10)17-4/h5-7H,1-4H3. The van der Waals surface area contributed by atoms with E-state index < -0.39 is 5.97 Å². The number of carbonyl (C=O) groups excluding carboxylic acids is 1. The average Bonchev–Trinajstić information content (AvgIpc) is 2.37. The third-order valence-corrected chi connectivity index (χ3v) is 2.12. The van der Waals surface area contributed by atoms with E-state index in [1.54, 1.807) is 19.2 Å². The highest BCUT2D eigenvalue weighted by Gasteiger charge is 2.11. The van der Waals surface area contributed by atoms with Crippen LogP contribution in [0.1, 0.15) is 12.5 Å². The second kappa shape index (κ2) is 6.48. The number of hydrogen-bond donors (Lipinski definition) is 0. The molecule has 0 saturated carbocycles. The first-order chi connectivity index (χ1) is 8.62. The number of methoxy groups -OCH3 is 3. The van der Waals surface area contributed by atoms with E-state index in [2.05, 4.69) is 9.99 Å². The fraction of sp³-hybridized carbons (Fsp3) is 0.333. The maximum absolute atomic E-state index is 10.6. The van der Waals surface area contributed by atoms with Crippen LogP contribution in [0, 0.1) is 0 Å². The summed E-state index contributed by atoms with van der Waals surface area (Å²) >= 11 is 0. The van der Waals surface area contributed by atoms with Crippen LogP contribution < -0.4 is 14.2 Å². The summed E-state index contributed by atoms with van der Waals surface area (Å²) < 4.78 is 15.5. The van der Waals surface area contributed by atoms with Gasteiger partial charge in [0.25, 0.3) is 0 Å². The van der Waals surface area contributed by atoms with Crippen molar-refractivity contribution >= 4 is 12.2 Å². The first kappa shape index (κ1) is 13.8. The Hall–Kier alpha value is -2.24. The maximum atomic E-state index is 10.6. The number of ether oxygens (including phenoxy) is 3. The van der Waals surface area contributed by atoms with E-state index in [0.717, 1.165) is 0 Å². The fourth-order valence-electron chi connectivity index (χ4n) is 1.31. The van der Waals surface area contributed by atoms with Gasteiger partial charge in [-0.1, -0.05) is 5.16 Å². The Balaban J connectivity index is 3.14. The molecule has 0 unspecified atom stereocenters. The van der Waals surface area contributed by atoms with Crippen LogP contribution in [0.5, 0.6) is 17.2 Å². The summed E-state index contributed by atoms with van der Waals surface area (Å²) in [7, 11) is 4.57. The third kappa shape index (κ3) is 3.38. The highest BCUT2D eigenvalue weighted by molar-refractivity contribution is 5.88. The van der Waals surface area contributed by atoms with Crippen LogP contribution in [-0.4, -0.2) is 33.5 Å². The zero-order valence-corrected chi connectivity index (χ0v) is 10.7. The van der Waals surface area contributed by atoms with Crippen LogP contribution in [0.25, 0.3) is 0 Å². The fourth-order valence-corrected chi connectivity index (χ4v) is 1.31. The largest absolute Gasteiger partial charge is 0.496 e. The van der Waals surface area contributed by atoms with Gasteiger partial charge in [-0.15, -0.1) is 0 Å². The summed E-state index contributed by atoms with van der Waals surface area (Å²) in [5.74, 6) is 1.09. The van der Waals surface area contributed by atoms with E-state index in [9.17, 15) is 4.79 Å². The molecule has 0 fully saturated rings. The zero-order valence-electron chi connectivity index (χ0n) is 10.7. The lowest BCUT2D eigenvalue weighted by Gasteiger charge is -2.11. The van der Waals surface area contributed by atoms with E-state index in [1.807, 2.05) is 0 Å². The minimum absolute atomic E-state index is 0.502. The third-order valence-electron chi connectivity index (χ3n) is 2.12. The minimum Gasteiger partial charge on any atom is -0.496 e. The Bertz CT molecular complexity index is 431. The van der Waals surface area contributed by atoms with Crippen molar-refractivity contribution in [3.63, 3.8) is 0 Å². The van der Waals surface area contributed by atoms with Crippen LogP contribution in [0.2, 0.25) is 0 Å². The van der Waals surface area contributed by atoms with E-state index in [4.69, 9.17) is 14.2 Å². The van der Waals surface area contributed by atoms with Gasteiger partial charge in [0, 0.05) is 19.1 Å². The lowest BCUT2D eigenvalue weighted by molar-refractivity contribution is -0.140. The van der Waals surface area contributed by atoms with Crippen molar-refractivity contribution in [1.29, 1.82) is 0 Å². The van der Waals surface area contributed by atoms with Gasteiger partial charge in [-0.2, -0.15) is 0 Å². The molecular weight excluding hydrogens is 238 g/mol. The summed E-state index contributed by atoms with van der Waals surface area (Å²) in [4.78, 5) is 15.1. The number of nitrogens with zero attached hydrogens (tertiary/aromatic N) is 1. The Morgan fingerprint density at radius 2 is 1.67 bits per heavy atom. The van der Waals surface area contributed by atoms with Gasteiger partial charge >= 0.3 is 5.97 Å². The Kier molecular flexibility index (Phi) is 4.98. The van der Waals surface area contributed by atoms with Gasteiger partial charge in [-0.3, -0.25) is 0 Å². The second-order valence-corrected chi connectivity index (χ2v) is 3.26. The normalized spacial score (nSPS) is 10.2. The van der Waals surface area contributed by atoms with E-state index in [0.29, 0.717) is 22.8 Å². The van der Waals surface area contributed by atoms with Crippen LogP contribution >= 0.6 is 0 Å². The molecule has 18 heavy (non-hydrogen) atoms. The lowest BCUT2D eigenvalue weighted by Crippen LogP contribution is -1.99. The van der Waals surface area contributed by atoms with Crippen molar-refractivity contribution in [3.05, 3.63) is 17.7 Å². The van der Waals surface area contributed by atoms with Gasteiger partial charge in [-0.25, -0.2) is 4.79 Å². The molecule has 0 aliphatic heterocycles. The van der Waals surface area contributed by atoms with E-state index >= 15 is 0 Å². The Morgan fingerprint density at radius 3 is 2.06 bits per heavy atom. The van der Waals surface area contributed by atoms with Crippen LogP contribution in [0.15, 0.2) is 17.3 Å². The molecule has 0 heterocycles. The quantitative estimate of drug-likeness (QED) is 0.453. The van der Waals surface area contributed by atoms with Gasteiger partial charge in [0.15, 0.2) is 0 Å². The number of oxime groups is 1. The van der Waals surface area contributed by atoms with Gasteiger partial charge in [0.05, 0.1) is 33.1 Å². The lowest BCUT2D eigenvalue weighted by atomic mass is 10.2.